The lowest BCUT2D eigenvalue weighted by molar-refractivity contribution is -0.137. The highest BCUT2D eigenvalue weighted by atomic mass is 16.5. The Labute approximate surface area is 192 Å². The summed E-state index contributed by atoms with van der Waals surface area (Å²) in [5.74, 6) is -0.479. The van der Waals surface area contributed by atoms with E-state index in [0.29, 0.717) is 36.0 Å². The van der Waals surface area contributed by atoms with E-state index in [9.17, 15) is 15.2 Å². The molecular weight excluding hydrogens is 420 g/mol. The Morgan fingerprint density at radius 2 is 1.94 bits per heavy atom. The van der Waals surface area contributed by atoms with Gasteiger partial charge in [0.2, 0.25) is 0 Å². The van der Waals surface area contributed by atoms with Crippen molar-refractivity contribution in [3.8, 4) is 29.0 Å². The molecule has 2 aromatic carbocycles. The molecule has 0 saturated heterocycles. The van der Waals surface area contributed by atoms with Crippen molar-refractivity contribution < 1.29 is 19.4 Å². The summed E-state index contributed by atoms with van der Waals surface area (Å²) in [6.45, 7) is 4.31. The first-order valence-corrected chi connectivity index (χ1v) is 10.6. The summed E-state index contributed by atoms with van der Waals surface area (Å²) in [5.41, 5.74) is 4.48. The molecule has 0 saturated carbocycles. The van der Waals surface area contributed by atoms with Crippen molar-refractivity contribution in [2.75, 3.05) is 19.0 Å². The lowest BCUT2D eigenvalue weighted by Crippen LogP contribution is -2.06. The van der Waals surface area contributed by atoms with E-state index in [0.717, 1.165) is 22.4 Å². The lowest BCUT2D eigenvalue weighted by atomic mass is 9.90. The molecule has 0 spiro atoms. The monoisotopic (exact) mass is 446 g/mol. The molecular formula is C25H26N4O4. The van der Waals surface area contributed by atoms with E-state index in [-0.39, 0.29) is 12.3 Å². The second kappa shape index (κ2) is 11.0. The summed E-state index contributed by atoms with van der Waals surface area (Å²) in [7, 11) is 1.53. The SMILES string of the molecule is CCOc1ncc(Nc2cc(C(CC)CC(=O)O)ccc2-c2ccc(C#N)c(OC)c2)cn1. The second-order valence-corrected chi connectivity index (χ2v) is 7.35. The van der Waals surface area contributed by atoms with Crippen LogP contribution in [0.1, 0.15) is 43.7 Å². The van der Waals surface area contributed by atoms with Crippen LogP contribution in [-0.2, 0) is 4.79 Å². The first-order chi connectivity index (χ1) is 16.0. The van der Waals surface area contributed by atoms with Gasteiger partial charge in [-0.15, -0.1) is 0 Å². The lowest BCUT2D eigenvalue weighted by Gasteiger charge is -2.19. The maximum absolute atomic E-state index is 11.3. The molecule has 0 aliphatic carbocycles. The van der Waals surface area contributed by atoms with Gasteiger partial charge in [-0.05, 0) is 48.6 Å². The summed E-state index contributed by atoms with van der Waals surface area (Å²) in [4.78, 5) is 19.7. The summed E-state index contributed by atoms with van der Waals surface area (Å²) in [6, 6.07) is 13.6. The van der Waals surface area contributed by atoms with Crippen molar-refractivity contribution in [2.24, 2.45) is 0 Å². The maximum atomic E-state index is 11.3. The quantitative estimate of drug-likeness (QED) is 0.440. The zero-order valence-corrected chi connectivity index (χ0v) is 18.8. The molecule has 3 rings (SSSR count). The summed E-state index contributed by atoms with van der Waals surface area (Å²) >= 11 is 0. The first-order valence-electron chi connectivity index (χ1n) is 10.6. The highest BCUT2D eigenvalue weighted by Crippen LogP contribution is 2.36. The van der Waals surface area contributed by atoms with Crippen molar-refractivity contribution in [3.63, 3.8) is 0 Å². The Kier molecular flexibility index (Phi) is 7.82. The predicted molar refractivity (Wildman–Crippen MR) is 125 cm³/mol. The molecule has 8 nitrogen and oxygen atoms in total. The number of hydrogen-bond donors (Lipinski definition) is 2. The van der Waals surface area contributed by atoms with Gasteiger partial charge in [0.05, 0.1) is 43.8 Å². The van der Waals surface area contributed by atoms with Crippen molar-refractivity contribution >= 4 is 17.3 Å². The van der Waals surface area contributed by atoms with E-state index in [1.807, 2.05) is 44.2 Å². The second-order valence-electron chi connectivity index (χ2n) is 7.35. The van der Waals surface area contributed by atoms with E-state index in [2.05, 4.69) is 21.4 Å². The van der Waals surface area contributed by atoms with Gasteiger partial charge in [0.1, 0.15) is 11.8 Å². The van der Waals surface area contributed by atoms with Gasteiger partial charge in [0.15, 0.2) is 0 Å². The normalized spacial score (nSPS) is 11.3. The number of carbonyl (C=O) groups is 1. The molecule has 1 atom stereocenters. The zero-order chi connectivity index (χ0) is 23.8. The fourth-order valence-electron chi connectivity index (χ4n) is 3.57. The van der Waals surface area contributed by atoms with Crippen LogP contribution in [0.5, 0.6) is 11.8 Å². The minimum atomic E-state index is -0.836. The number of nitrogens with one attached hydrogen (secondary N) is 1. The maximum Gasteiger partial charge on any atom is 0.316 e. The van der Waals surface area contributed by atoms with Gasteiger partial charge in [-0.2, -0.15) is 5.26 Å². The van der Waals surface area contributed by atoms with Crippen molar-refractivity contribution in [2.45, 2.75) is 32.6 Å². The summed E-state index contributed by atoms with van der Waals surface area (Å²) < 4.78 is 10.7. The van der Waals surface area contributed by atoms with Crippen molar-refractivity contribution in [3.05, 3.63) is 59.9 Å². The number of carboxylic acids is 1. The molecule has 0 aliphatic rings. The Morgan fingerprint density at radius 1 is 1.18 bits per heavy atom. The molecule has 2 N–H and O–H groups in total. The van der Waals surface area contributed by atoms with E-state index in [1.54, 1.807) is 18.5 Å². The number of rotatable bonds is 10. The number of aromatic nitrogens is 2. The standard InChI is InChI=1S/C25H26N4O4/c1-4-16(12-24(30)31)17-8-9-21(18-6-7-19(13-26)23(11-18)32-3)22(10-17)29-20-14-27-25(28-15-20)33-5-2/h6-11,14-16,29H,4-5,12H2,1-3H3,(H,30,31). The van der Waals surface area contributed by atoms with Gasteiger partial charge in [-0.25, -0.2) is 9.97 Å². The third kappa shape index (κ3) is 5.77. The number of carboxylic acid groups (broad SMARTS) is 1. The van der Waals surface area contributed by atoms with Crippen molar-refractivity contribution in [1.82, 2.24) is 9.97 Å². The van der Waals surface area contributed by atoms with Crippen LogP contribution >= 0.6 is 0 Å². The minimum Gasteiger partial charge on any atom is -0.495 e. The number of methoxy groups -OCH3 is 1. The third-order valence-corrected chi connectivity index (χ3v) is 5.24. The molecule has 170 valence electrons. The average Bonchev–Trinajstić information content (AvgIpc) is 2.83. The molecule has 0 aliphatic heterocycles. The Bertz CT molecular complexity index is 1160. The molecule has 0 radical (unpaired) electrons. The number of nitriles is 1. The number of hydrogen-bond acceptors (Lipinski definition) is 7. The Hall–Kier alpha value is -4.12. The van der Waals surface area contributed by atoms with Crippen LogP contribution in [0.2, 0.25) is 0 Å². The molecule has 8 heteroatoms. The van der Waals surface area contributed by atoms with Gasteiger partial charge < -0.3 is 19.9 Å². The van der Waals surface area contributed by atoms with Gasteiger partial charge in [0.25, 0.3) is 0 Å². The largest absolute Gasteiger partial charge is 0.495 e. The van der Waals surface area contributed by atoms with E-state index >= 15 is 0 Å². The van der Waals surface area contributed by atoms with Crippen LogP contribution < -0.4 is 14.8 Å². The van der Waals surface area contributed by atoms with Crippen LogP contribution in [0.15, 0.2) is 48.8 Å². The fourth-order valence-corrected chi connectivity index (χ4v) is 3.57. The van der Waals surface area contributed by atoms with Gasteiger partial charge in [0, 0.05) is 11.3 Å². The minimum absolute atomic E-state index is 0.0478. The number of ether oxygens (including phenoxy) is 2. The highest BCUT2D eigenvalue weighted by molar-refractivity contribution is 5.82. The van der Waals surface area contributed by atoms with Crippen LogP contribution in [0.25, 0.3) is 11.1 Å². The summed E-state index contributed by atoms with van der Waals surface area (Å²) in [6.07, 6.45) is 4.00. The van der Waals surface area contributed by atoms with E-state index < -0.39 is 5.97 Å². The molecule has 1 unspecified atom stereocenters. The van der Waals surface area contributed by atoms with Gasteiger partial charge >= 0.3 is 12.0 Å². The first kappa shape index (κ1) is 23.5. The highest BCUT2D eigenvalue weighted by Gasteiger charge is 2.17. The van der Waals surface area contributed by atoms with Crippen LogP contribution in [0.3, 0.4) is 0 Å². The molecule has 0 fully saturated rings. The van der Waals surface area contributed by atoms with Gasteiger partial charge in [-0.3, -0.25) is 4.79 Å². The smallest absolute Gasteiger partial charge is 0.316 e. The van der Waals surface area contributed by atoms with E-state index in [4.69, 9.17) is 9.47 Å². The van der Waals surface area contributed by atoms with Gasteiger partial charge in [-0.1, -0.05) is 25.1 Å². The molecule has 0 amide bonds. The van der Waals surface area contributed by atoms with Crippen LogP contribution in [0.4, 0.5) is 11.4 Å². The molecule has 33 heavy (non-hydrogen) atoms. The molecule has 1 heterocycles. The third-order valence-electron chi connectivity index (χ3n) is 5.24. The van der Waals surface area contributed by atoms with Crippen molar-refractivity contribution in [1.29, 1.82) is 5.26 Å². The van der Waals surface area contributed by atoms with Crippen LogP contribution in [-0.4, -0.2) is 34.8 Å². The number of anilines is 2. The molecule has 1 aromatic heterocycles. The molecule has 0 bridgehead atoms. The number of nitrogens with zero attached hydrogens (tertiary/aromatic N) is 3. The Morgan fingerprint density at radius 3 is 2.55 bits per heavy atom. The summed E-state index contributed by atoms with van der Waals surface area (Å²) in [5, 5.41) is 22.0. The fraction of sp³-hybridized carbons (Fsp3) is 0.280. The topological polar surface area (TPSA) is 117 Å². The number of benzene rings is 2. The average molecular weight is 447 g/mol. The van der Waals surface area contributed by atoms with Crippen LogP contribution in [0, 0.1) is 11.3 Å². The Balaban J connectivity index is 2.06. The predicted octanol–water partition coefficient (Wildman–Crippen LogP) is 5.13. The number of aliphatic carboxylic acids is 1. The molecule has 3 aromatic rings. The van der Waals surface area contributed by atoms with E-state index in [1.165, 1.54) is 7.11 Å². The zero-order valence-electron chi connectivity index (χ0n) is 18.8.